The van der Waals surface area contributed by atoms with Crippen molar-refractivity contribution in [3.05, 3.63) is 96.1 Å². The average Bonchev–Trinajstić information content (AvgIpc) is 3.48. The second kappa shape index (κ2) is 8.78. The van der Waals surface area contributed by atoms with E-state index in [4.69, 9.17) is 4.99 Å². The van der Waals surface area contributed by atoms with Gasteiger partial charge in [0, 0.05) is 42.0 Å². The molecule has 0 fully saturated rings. The van der Waals surface area contributed by atoms with Crippen LogP contribution in [0.15, 0.2) is 84.4 Å². The molecule has 8 heteroatoms. The van der Waals surface area contributed by atoms with Crippen LogP contribution in [-0.2, 0) is 12.7 Å². The summed E-state index contributed by atoms with van der Waals surface area (Å²) in [5.41, 5.74) is 0.693. The van der Waals surface area contributed by atoms with Gasteiger partial charge < -0.3 is 4.57 Å². The van der Waals surface area contributed by atoms with Crippen LogP contribution in [0.5, 0.6) is 0 Å². The number of nitrogens with zero attached hydrogens (tertiary/aromatic N) is 4. The van der Waals surface area contributed by atoms with Crippen molar-refractivity contribution >= 4 is 28.2 Å². The van der Waals surface area contributed by atoms with Crippen LogP contribution in [0.2, 0.25) is 0 Å². The van der Waals surface area contributed by atoms with Crippen LogP contribution >= 0.6 is 0 Å². The van der Waals surface area contributed by atoms with Crippen molar-refractivity contribution in [2.45, 2.75) is 25.6 Å². The fraction of sp³-hybridized carbons (Fsp3) is 0.192. The first kappa shape index (κ1) is 21.9. The summed E-state index contributed by atoms with van der Waals surface area (Å²) < 4.78 is 41.8. The SMILES string of the molecule is O=C(c1cccc(C(F)(F)F)c1)N(CCCCn1ccnc1)C1=Nc2cccc3cccc1c23. The van der Waals surface area contributed by atoms with Gasteiger partial charge in [0.2, 0.25) is 0 Å². The number of hydrogen-bond donors (Lipinski definition) is 0. The lowest BCUT2D eigenvalue weighted by Crippen LogP contribution is -2.38. The molecular weight excluding hydrogens is 441 g/mol. The Labute approximate surface area is 194 Å². The molecule has 1 aromatic heterocycles. The van der Waals surface area contributed by atoms with E-state index < -0.39 is 17.6 Å². The quantitative estimate of drug-likeness (QED) is 0.327. The Kier molecular flexibility index (Phi) is 5.65. The molecule has 0 aliphatic carbocycles. The Morgan fingerprint density at radius 1 is 1.00 bits per heavy atom. The van der Waals surface area contributed by atoms with Crippen molar-refractivity contribution in [2.75, 3.05) is 6.54 Å². The Morgan fingerprint density at radius 3 is 2.56 bits per heavy atom. The van der Waals surface area contributed by atoms with Gasteiger partial charge in [-0.15, -0.1) is 0 Å². The molecular formula is C26H21F3N4O. The maximum Gasteiger partial charge on any atom is 0.416 e. The minimum absolute atomic E-state index is 0.0183. The molecule has 2 heterocycles. The Morgan fingerprint density at radius 2 is 1.79 bits per heavy atom. The fourth-order valence-corrected chi connectivity index (χ4v) is 4.25. The predicted octanol–water partition coefficient (Wildman–Crippen LogP) is 6.07. The molecule has 0 unspecified atom stereocenters. The summed E-state index contributed by atoms with van der Waals surface area (Å²) in [5.74, 6) is -0.0332. The van der Waals surface area contributed by atoms with E-state index in [9.17, 15) is 18.0 Å². The third-order valence-electron chi connectivity index (χ3n) is 5.89. The molecule has 0 N–H and O–H groups in total. The lowest BCUT2D eigenvalue weighted by molar-refractivity contribution is -0.137. The van der Waals surface area contributed by atoms with Crippen molar-refractivity contribution in [2.24, 2.45) is 4.99 Å². The van der Waals surface area contributed by atoms with Gasteiger partial charge >= 0.3 is 6.18 Å². The van der Waals surface area contributed by atoms with Crippen molar-refractivity contribution in [3.8, 4) is 0 Å². The molecule has 5 rings (SSSR count). The maximum absolute atomic E-state index is 13.6. The van der Waals surface area contributed by atoms with E-state index in [1.807, 2.05) is 47.2 Å². The topological polar surface area (TPSA) is 50.5 Å². The standard InChI is InChI=1S/C26H21F3N4O/c27-26(28,29)20-9-3-8-19(16-20)25(34)33(14-2-1-13-32-15-12-30-17-32)24-21-10-4-6-18-7-5-11-22(31-24)23(18)21/h3-12,15-17H,1-2,13-14H2. The number of halogens is 3. The Bertz CT molecular complexity index is 1370. The van der Waals surface area contributed by atoms with Crippen LogP contribution in [0.4, 0.5) is 18.9 Å². The highest BCUT2D eigenvalue weighted by atomic mass is 19.4. The van der Waals surface area contributed by atoms with E-state index in [0.717, 1.165) is 47.1 Å². The largest absolute Gasteiger partial charge is 0.416 e. The van der Waals surface area contributed by atoms with Gasteiger partial charge in [0.05, 0.1) is 17.6 Å². The third kappa shape index (κ3) is 4.19. The van der Waals surface area contributed by atoms with Gasteiger partial charge in [-0.25, -0.2) is 9.98 Å². The third-order valence-corrected chi connectivity index (χ3v) is 5.89. The molecule has 4 aromatic rings. The van der Waals surface area contributed by atoms with Gasteiger partial charge in [-0.2, -0.15) is 13.2 Å². The number of aliphatic imine (C=N–C) groups is 1. The highest BCUT2D eigenvalue weighted by Gasteiger charge is 2.32. The molecule has 5 nitrogen and oxygen atoms in total. The van der Waals surface area contributed by atoms with E-state index in [1.54, 1.807) is 12.5 Å². The molecule has 3 aromatic carbocycles. The number of alkyl halides is 3. The van der Waals surface area contributed by atoms with Crippen LogP contribution < -0.4 is 0 Å². The normalized spacial score (nSPS) is 12.7. The number of benzene rings is 3. The van der Waals surface area contributed by atoms with E-state index in [0.29, 0.717) is 18.8 Å². The first-order valence-electron chi connectivity index (χ1n) is 11.0. The Hall–Kier alpha value is -3.94. The molecule has 0 bridgehead atoms. The zero-order valence-corrected chi connectivity index (χ0v) is 18.2. The van der Waals surface area contributed by atoms with E-state index in [-0.39, 0.29) is 5.56 Å². The number of amides is 1. The van der Waals surface area contributed by atoms with Crippen LogP contribution in [-0.4, -0.2) is 32.7 Å². The molecule has 1 aliphatic rings. The zero-order chi connectivity index (χ0) is 23.7. The van der Waals surface area contributed by atoms with Crippen LogP contribution in [0, 0.1) is 0 Å². The predicted molar refractivity (Wildman–Crippen MR) is 124 cm³/mol. The summed E-state index contributed by atoms with van der Waals surface area (Å²) in [6, 6.07) is 16.1. The number of rotatable bonds is 6. The molecule has 0 saturated carbocycles. The lowest BCUT2D eigenvalue weighted by Gasteiger charge is -2.24. The number of hydrogen-bond acceptors (Lipinski definition) is 3. The monoisotopic (exact) mass is 462 g/mol. The number of carbonyl (C=O) groups is 1. The van der Waals surface area contributed by atoms with Gasteiger partial charge in [-0.3, -0.25) is 9.69 Å². The molecule has 0 radical (unpaired) electrons. The summed E-state index contributed by atoms with van der Waals surface area (Å²) in [6.45, 7) is 1.06. The smallest absolute Gasteiger partial charge is 0.337 e. The van der Waals surface area contributed by atoms with Gasteiger partial charge in [0.1, 0.15) is 5.84 Å². The summed E-state index contributed by atoms with van der Waals surface area (Å²) in [5, 5.41) is 1.94. The van der Waals surface area contributed by atoms with Crippen LogP contribution in [0.3, 0.4) is 0 Å². The second-order valence-electron chi connectivity index (χ2n) is 8.16. The van der Waals surface area contributed by atoms with Gasteiger partial charge in [0.25, 0.3) is 5.91 Å². The maximum atomic E-state index is 13.6. The highest BCUT2D eigenvalue weighted by molar-refractivity contribution is 6.23. The minimum atomic E-state index is -4.53. The molecule has 1 amide bonds. The Balaban J connectivity index is 1.47. The van der Waals surface area contributed by atoms with Crippen molar-refractivity contribution < 1.29 is 18.0 Å². The second-order valence-corrected chi connectivity index (χ2v) is 8.16. The molecule has 0 atom stereocenters. The number of unbranched alkanes of at least 4 members (excludes halogenated alkanes) is 1. The van der Waals surface area contributed by atoms with Crippen molar-refractivity contribution in [3.63, 3.8) is 0 Å². The summed E-state index contributed by atoms with van der Waals surface area (Å²) in [4.78, 5) is 23.8. The van der Waals surface area contributed by atoms with E-state index >= 15 is 0 Å². The first-order valence-corrected chi connectivity index (χ1v) is 11.0. The molecule has 34 heavy (non-hydrogen) atoms. The summed E-state index contributed by atoms with van der Waals surface area (Å²) in [6.07, 6.45) is 2.18. The molecule has 0 spiro atoms. The van der Waals surface area contributed by atoms with Crippen LogP contribution in [0.25, 0.3) is 10.8 Å². The number of amidine groups is 1. The highest BCUT2D eigenvalue weighted by Crippen LogP contribution is 2.37. The van der Waals surface area contributed by atoms with Crippen molar-refractivity contribution in [1.29, 1.82) is 0 Å². The van der Waals surface area contributed by atoms with Gasteiger partial charge in [0.15, 0.2) is 0 Å². The first-order chi connectivity index (χ1) is 16.4. The average molecular weight is 462 g/mol. The zero-order valence-electron chi connectivity index (χ0n) is 18.2. The number of aromatic nitrogens is 2. The minimum Gasteiger partial charge on any atom is -0.337 e. The molecule has 0 saturated heterocycles. The van der Waals surface area contributed by atoms with Gasteiger partial charge in [-0.1, -0.05) is 36.4 Å². The summed E-state index contributed by atoms with van der Waals surface area (Å²) in [7, 11) is 0. The molecule has 1 aliphatic heterocycles. The van der Waals surface area contributed by atoms with E-state index in [1.165, 1.54) is 17.0 Å². The van der Waals surface area contributed by atoms with Crippen molar-refractivity contribution in [1.82, 2.24) is 14.5 Å². The molecule has 172 valence electrons. The lowest BCUT2D eigenvalue weighted by atomic mass is 10.0. The van der Waals surface area contributed by atoms with Crippen LogP contribution in [0.1, 0.15) is 34.3 Å². The van der Waals surface area contributed by atoms with E-state index in [2.05, 4.69) is 4.98 Å². The summed E-state index contributed by atoms with van der Waals surface area (Å²) >= 11 is 0. The number of carbonyl (C=O) groups excluding carboxylic acids is 1. The number of aryl methyl sites for hydroxylation is 1. The van der Waals surface area contributed by atoms with Gasteiger partial charge in [-0.05, 0) is 42.5 Å². The number of imidazole rings is 1. The fourth-order valence-electron chi connectivity index (χ4n) is 4.25.